The van der Waals surface area contributed by atoms with Crippen LogP contribution in [-0.2, 0) is 0 Å². The summed E-state index contributed by atoms with van der Waals surface area (Å²) in [5.74, 6) is 0. The van der Waals surface area contributed by atoms with Crippen LogP contribution in [0.15, 0.2) is 0 Å². The topological polar surface area (TPSA) is 49.5 Å². The van der Waals surface area contributed by atoms with E-state index in [4.69, 9.17) is 5.73 Å². The number of nitrogens with zero attached hydrogens (tertiary/aromatic N) is 1. The average Bonchev–Trinajstić information content (AvgIpc) is 2.20. The van der Waals surface area contributed by atoms with Gasteiger partial charge in [0.1, 0.15) is 0 Å². The summed E-state index contributed by atoms with van der Waals surface area (Å²) in [6.07, 6.45) is 4.73. The minimum Gasteiger partial charge on any atom is -0.395 e. The number of aliphatic hydroxyl groups excluding tert-OH is 1. The Morgan fingerprint density at radius 1 is 1.54 bits per heavy atom. The highest BCUT2D eigenvalue weighted by molar-refractivity contribution is 4.82. The molecule has 13 heavy (non-hydrogen) atoms. The van der Waals surface area contributed by atoms with Crippen LogP contribution in [0.2, 0.25) is 0 Å². The largest absolute Gasteiger partial charge is 0.395 e. The molecule has 78 valence electrons. The predicted octanol–water partition coefficient (Wildman–Crippen LogP) is 0.570. The third kappa shape index (κ3) is 2.66. The van der Waals surface area contributed by atoms with Crippen molar-refractivity contribution in [3.8, 4) is 0 Å². The molecule has 0 aliphatic carbocycles. The zero-order chi connectivity index (χ0) is 9.68. The van der Waals surface area contributed by atoms with Crippen LogP contribution in [0.4, 0.5) is 0 Å². The van der Waals surface area contributed by atoms with Crippen LogP contribution in [0, 0.1) is 0 Å². The van der Waals surface area contributed by atoms with Gasteiger partial charge in [-0.2, -0.15) is 0 Å². The minimum absolute atomic E-state index is 0.288. The number of likely N-dealkylation sites (tertiary alicyclic amines) is 1. The van der Waals surface area contributed by atoms with Crippen LogP contribution >= 0.6 is 0 Å². The molecule has 0 bridgehead atoms. The van der Waals surface area contributed by atoms with Crippen LogP contribution in [0.1, 0.15) is 32.6 Å². The lowest BCUT2D eigenvalue weighted by Crippen LogP contribution is -2.50. The van der Waals surface area contributed by atoms with Gasteiger partial charge in [-0.3, -0.25) is 4.90 Å². The molecular weight excluding hydrogens is 164 g/mol. The molecule has 0 amide bonds. The van der Waals surface area contributed by atoms with Crippen LogP contribution in [0.5, 0.6) is 0 Å². The van der Waals surface area contributed by atoms with Gasteiger partial charge in [0.25, 0.3) is 0 Å². The Hall–Kier alpha value is -0.120. The van der Waals surface area contributed by atoms with Crippen molar-refractivity contribution in [2.45, 2.75) is 44.7 Å². The van der Waals surface area contributed by atoms with E-state index in [0.717, 1.165) is 19.4 Å². The molecule has 1 aliphatic heterocycles. The number of nitrogens with two attached hydrogens (primary N) is 1. The Morgan fingerprint density at radius 3 is 2.85 bits per heavy atom. The zero-order valence-corrected chi connectivity index (χ0v) is 8.58. The Bertz CT molecular complexity index is 129. The van der Waals surface area contributed by atoms with E-state index in [1.165, 1.54) is 12.8 Å². The first-order valence-electron chi connectivity index (χ1n) is 5.40. The quantitative estimate of drug-likeness (QED) is 0.675. The van der Waals surface area contributed by atoms with Crippen LogP contribution in [0.25, 0.3) is 0 Å². The standard InChI is InChI=1S/C10H22N2O/c1-2-9(7-11)12-6-4-3-5-10(12)8-13/h9-10,13H,2-8,11H2,1H3. The molecule has 2 atom stereocenters. The molecule has 1 saturated heterocycles. The molecule has 0 aromatic rings. The first-order chi connectivity index (χ1) is 6.33. The summed E-state index contributed by atoms with van der Waals surface area (Å²) in [6, 6.07) is 0.833. The smallest absolute Gasteiger partial charge is 0.0586 e. The molecule has 0 aromatic heterocycles. The van der Waals surface area contributed by atoms with Crippen LogP contribution in [0.3, 0.4) is 0 Å². The summed E-state index contributed by atoms with van der Waals surface area (Å²) in [7, 11) is 0. The van der Waals surface area contributed by atoms with Gasteiger partial charge in [0.2, 0.25) is 0 Å². The first kappa shape index (κ1) is 11.0. The molecular formula is C10H22N2O. The normalized spacial score (nSPS) is 27.5. The second-order valence-corrected chi connectivity index (χ2v) is 3.87. The van der Waals surface area contributed by atoms with Crippen molar-refractivity contribution in [1.82, 2.24) is 4.90 Å². The summed E-state index contributed by atoms with van der Waals surface area (Å²) in [5, 5.41) is 9.22. The number of hydrogen-bond acceptors (Lipinski definition) is 3. The molecule has 0 aromatic carbocycles. The van der Waals surface area contributed by atoms with Crippen molar-refractivity contribution in [2.24, 2.45) is 5.73 Å². The maximum Gasteiger partial charge on any atom is 0.0586 e. The molecule has 0 saturated carbocycles. The van der Waals surface area contributed by atoms with Crippen molar-refractivity contribution in [2.75, 3.05) is 19.7 Å². The summed E-state index contributed by atoms with van der Waals surface area (Å²) in [6.45, 7) is 4.28. The van der Waals surface area contributed by atoms with E-state index in [2.05, 4.69) is 11.8 Å². The van der Waals surface area contributed by atoms with Gasteiger partial charge >= 0.3 is 0 Å². The summed E-state index contributed by atoms with van der Waals surface area (Å²) in [4.78, 5) is 2.39. The summed E-state index contributed by atoms with van der Waals surface area (Å²) in [5.41, 5.74) is 5.71. The summed E-state index contributed by atoms with van der Waals surface area (Å²) >= 11 is 0. The van der Waals surface area contributed by atoms with Crippen LogP contribution < -0.4 is 5.73 Å². The average molecular weight is 186 g/mol. The molecule has 0 spiro atoms. The van der Waals surface area contributed by atoms with Gasteiger partial charge in [-0.1, -0.05) is 13.3 Å². The van der Waals surface area contributed by atoms with E-state index in [0.29, 0.717) is 18.6 Å². The molecule has 1 rings (SSSR count). The highest BCUT2D eigenvalue weighted by atomic mass is 16.3. The molecule has 3 nitrogen and oxygen atoms in total. The van der Waals surface area contributed by atoms with Gasteiger partial charge in [0.05, 0.1) is 6.61 Å². The fourth-order valence-corrected chi connectivity index (χ4v) is 2.24. The van der Waals surface area contributed by atoms with E-state index in [9.17, 15) is 5.11 Å². The first-order valence-corrected chi connectivity index (χ1v) is 5.40. The van der Waals surface area contributed by atoms with Crippen molar-refractivity contribution >= 4 is 0 Å². The van der Waals surface area contributed by atoms with Crippen molar-refractivity contribution in [3.63, 3.8) is 0 Å². The number of piperidine rings is 1. The zero-order valence-electron chi connectivity index (χ0n) is 8.58. The van der Waals surface area contributed by atoms with Gasteiger partial charge in [0, 0.05) is 18.6 Å². The lowest BCUT2D eigenvalue weighted by Gasteiger charge is -2.39. The van der Waals surface area contributed by atoms with Gasteiger partial charge in [-0.15, -0.1) is 0 Å². The van der Waals surface area contributed by atoms with E-state index in [1.807, 2.05) is 0 Å². The lowest BCUT2D eigenvalue weighted by atomic mass is 9.99. The number of hydrogen-bond donors (Lipinski definition) is 2. The third-order valence-corrected chi connectivity index (χ3v) is 3.10. The van der Waals surface area contributed by atoms with Gasteiger partial charge in [-0.05, 0) is 25.8 Å². The SMILES string of the molecule is CCC(CN)N1CCCCC1CO. The molecule has 1 fully saturated rings. The van der Waals surface area contributed by atoms with Gasteiger partial charge < -0.3 is 10.8 Å². The molecule has 1 heterocycles. The van der Waals surface area contributed by atoms with E-state index < -0.39 is 0 Å². The summed E-state index contributed by atoms with van der Waals surface area (Å²) < 4.78 is 0. The predicted molar refractivity (Wildman–Crippen MR) is 54.6 cm³/mol. The number of aliphatic hydroxyl groups is 1. The van der Waals surface area contributed by atoms with Gasteiger partial charge in [-0.25, -0.2) is 0 Å². The minimum atomic E-state index is 0.288. The Morgan fingerprint density at radius 2 is 2.31 bits per heavy atom. The highest BCUT2D eigenvalue weighted by Crippen LogP contribution is 2.20. The monoisotopic (exact) mass is 186 g/mol. The lowest BCUT2D eigenvalue weighted by molar-refractivity contribution is 0.0543. The maximum atomic E-state index is 9.22. The van der Waals surface area contributed by atoms with E-state index in [1.54, 1.807) is 0 Å². The molecule has 2 unspecified atom stereocenters. The second kappa shape index (κ2) is 5.58. The number of rotatable bonds is 4. The fraction of sp³-hybridized carbons (Fsp3) is 1.00. The molecule has 3 N–H and O–H groups in total. The Kier molecular flexibility index (Phi) is 4.70. The van der Waals surface area contributed by atoms with E-state index in [-0.39, 0.29) is 6.61 Å². The third-order valence-electron chi connectivity index (χ3n) is 3.10. The van der Waals surface area contributed by atoms with Crippen molar-refractivity contribution in [3.05, 3.63) is 0 Å². The Balaban J connectivity index is 2.51. The second-order valence-electron chi connectivity index (χ2n) is 3.87. The highest BCUT2D eigenvalue weighted by Gasteiger charge is 2.26. The fourth-order valence-electron chi connectivity index (χ4n) is 2.24. The van der Waals surface area contributed by atoms with E-state index >= 15 is 0 Å². The van der Waals surface area contributed by atoms with Crippen molar-refractivity contribution in [1.29, 1.82) is 0 Å². The molecule has 0 radical (unpaired) electrons. The maximum absolute atomic E-state index is 9.22. The Labute approximate surface area is 80.9 Å². The van der Waals surface area contributed by atoms with Crippen LogP contribution in [-0.4, -0.2) is 41.8 Å². The molecule has 1 aliphatic rings. The van der Waals surface area contributed by atoms with Crippen molar-refractivity contribution < 1.29 is 5.11 Å². The van der Waals surface area contributed by atoms with Gasteiger partial charge in [0.15, 0.2) is 0 Å². The molecule has 3 heteroatoms.